The molecule has 22 heavy (non-hydrogen) atoms. The van der Waals surface area contributed by atoms with E-state index in [2.05, 4.69) is 0 Å². The third kappa shape index (κ3) is 3.42. The first kappa shape index (κ1) is 17.6. The first-order valence-electron chi connectivity index (χ1n) is 7.86. The molecule has 0 amide bonds. The summed E-state index contributed by atoms with van der Waals surface area (Å²) in [5, 5.41) is 0.451. The number of piperidine rings is 1. The van der Waals surface area contributed by atoms with E-state index in [4.69, 9.17) is 16.3 Å². The maximum Gasteiger partial charge on any atom is 0.247 e. The molecule has 1 heterocycles. The van der Waals surface area contributed by atoms with E-state index in [0.717, 1.165) is 31.2 Å². The lowest BCUT2D eigenvalue weighted by Crippen LogP contribution is -2.43. The Bertz CT molecular complexity index is 631. The van der Waals surface area contributed by atoms with E-state index < -0.39 is 10.0 Å². The van der Waals surface area contributed by atoms with E-state index >= 15 is 0 Å². The van der Waals surface area contributed by atoms with Crippen LogP contribution in [0.4, 0.5) is 0 Å². The molecular weight excluding hydrogens is 322 g/mol. The highest BCUT2D eigenvalue weighted by molar-refractivity contribution is 7.89. The van der Waals surface area contributed by atoms with Gasteiger partial charge in [-0.05, 0) is 50.8 Å². The zero-order valence-electron chi connectivity index (χ0n) is 13.4. The summed E-state index contributed by atoms with van der Waals surface area (Å²) in [5.41, 5.74) is 0.815. The Morgan fingerprint density at radius 3 is 2.68 bits per heavy atom. The van der Waals surface area contributed by atoms with Crippen LogP contribution in [-0.2, 0) is 10.0 Å². The first-order chi connectivity index (χ1) is 10.4. The molecule has 0 bridgehead atoms. The van der Waals surface area contributed by atoms with Gasteiger partial charge in [0.2, 0.25) is 10.0 Å². The standard InChI is InChI=1S/C16H24ClNO3S/c1-4-13-8-6-7-9-18(13)22(19,20)16-11-14(17)12(3)10-15(16)21-5-2/h10-11,13H,4-9H2,1-3H3/t13-/m0/s1. The summed E-state index contributed by atoms with van der Waals surface area (Å²) >= 11 is 6.16. The third-order valence-electron chi connectivity index (χ3n) is 4.16. The number of ether oxygens (including phenoxy) is 1. The van der Waals surface area contributed by atoms with Crippen molar-refractivity contribution < 1.29 is 13.2 Å². The van der Waals surface area contributed by atoms with E-state index in [-0.39, 0.29) is 10.9 Å². The number of sulfonamides is 1. The fourth-order valence-electron chi connectivity index (χ4n) is 2.93. The van der Waals surface area contributed by atoms with Gasteiger partial charge in [-0.1, -0.05) is 24.9 Å². The topological polar surface area (TPSA) is 46.6 Å². The number of nitrogens with zero attached hydrogens (tertiary/aromatic N) is 1. The Hall–Kier alpha value is -0.780. The van der Waals surface area contributed by atoms with Crippen molar-refractivity contribution in [3.63, 3.8) is 0 Å². The van der Waals surface area contributed by atoms with Crippen LogP contribution in [0.15, 0.2) is 17.0 Å². The predicted octanol–water partition coefficient (Wildman–Crippen LogP) is 4.00. The smallest absolute Gasteiger partial charge is 0.247 e. The molecule has 124 valence electrons. The van der Waals surface area contributed by atoms with Gasteiger partial charge in [0, 0.05) is 17.6 Å². The fraction of sp³-hybridized carbons (Fsp3) is 0.625. The summed E-state index contributed by atoms with van der Waals surface area (Å²) < 4.78 is 33.4. The SMILES string of the molecule is CCOc1cc(C)c(Cl)cc1S(=O)(=O)N1CCCC[C@@H]1CC. The van der Waals surface area contributed by atoms with Gasteiger partial charge >= 0.3 is 0 Å². The molecule has 1 aromatic carbocycles. The van der Waals surface area contributed by atoms with Crippen LogP contribution in [0.1, 0.15) is 45.1 Å². The van der Waals surface area contributed by atoms with Gasteiger partial charge in [-0.25, -0.2) is 8.42 Å². The minimum Gasteiger partial charge on any atom is -0.492 e. The van der Waals surface area contributed by atoms with Crippen LogP contribution in [0, 0.1) is 6.92 Å². The van der Waals surface area contributed by atoms with Crippen molar-refractivity contribution in [2.45, 2.75) is 57.4 Å². The van der Waals surface area contributed by atoms with E-state index in [9.17, 15) is 8.42 Å². The van der Waals surface area contributed by atoms with Gasteiger partial charge in [0.25, 0.3) is 0 Å². The number of rotatable bonds is 5. The fourth-order valence-corrected chi connectivity index (χ4v) is 5.07. The summed E-state index contributed by atoms with van der Waals surface area (Å²) in [4.78, 5) is 0.185. The van der Waals surface area contributed by atoms with Crippen molar-refractivity contribution in [3.05, 3.63) is 22.7 Å². The van der Waals surface area contributed by atoms with E-state index in [1.54, 1.807) is 10.4 Å². The highest BCUT2D eigenvalue weighted by Crippen LogP contribution is 2.35. The van der Waals surface area contributed by atoms with Gasteiger partial charge in [-0.3, -0.25) is 0 Å². The molecule has 1 fully saturated rings. The second kappa shape index (κ2) is 7.20. The number of hydrogen-bond donors (Lipinski definition) is 0. The van der Waals surface area contributed by atoms with Gasteiger partial charge in [0.1, 0.15) is 10.6 Å². The van der Waals surface area contributed by atoms with Crippen molar-refractivity contribution in [2.24, 2.45) is 0 Å². The van der Waals surface area contributed by atoms with Crippen LogP contribution in [0.3, 0.4) is 0 Å². The zero-order chi connectivity index (χ0) is 16.3. The Morgan fingerprint density at radius 1 is 1.32 bits per heavy atom. The van der Waals surface area contributed by atoms with E-state index in [1.807, 2.05) is 20.8 Å². The molecule has 0 aromatic heterocycles. The normalized spacial score (nSPS) is 20.1. The highest BCUT2D eigenvalue weighted by Gasteiger charge is 2.34. The molecule has 0 N–H and O–H groups in total. The van der Waals surface area contributed by atoms with Crippen LogP contribution in [0.5, 0.6) is 5.75 Å². The Kier molecular flexibility index (Phi) is 5.75. The molecule has 2 rings (SSSR count). The quantitative estimate of drug-likeness (QED) is 0.810. The number of halogens is 1. The lowest BCUT2D eigenvalue weighted by molar-refractivity contribution is 0.245. The second-order valence-corrected chi connectivity index (χ2v) is 7.92. The van der Waals surface area contributed by atoms with Gasteiger partial charge in [0.15, 0.2) is 0 Å². The first-order valence-corrected chi connectivity index (χ1v) is 9.68. The number of hydrogen-bond acceptors (Lipinski definition) is 3. The van der Waals surface area contributed by atoms with Crippen molar-refractivity contribution in [1.29, 1.82) is 0 Å². The summed E-state index contributed by atoms with van der Waals surface area (Å²) in [6.45, 7) is 6.70. The molecule has 1 saturated heterocycles. The minimum atomic E-state index is -3.59. The van der Waals surface area contributed by atoms with Crippen LogP contribution < -0.4 is 4.74 Å². The van der Waals surface area contributed by atoms with Crippen molar-refractivity contribution in [3.8, 4) is 5.75 Å². The van der Waals surface area contributed by atoms with Gasteiger partial charge in [-0.2, -0.15) is 4.31 Å². The molecule has 1 aromatic rings. The van der Waals surface area contributed by atoms with Crippen molar-refractivity contribution in [1.82, 2.24) is 4.31 Å². The van der Waals surface area contributed by atoms with Gasteiger partial charge < -0.3 is 4.74 Å². The Morgan fingerprint density at radius 2 is 2.05 bits per heavy atom. The van der Waals surface area contributed by atoms with Gasteiger partial charge in [-0.15, -0.1) is 0 Å². The molecule has 0 aliphatic carbocycles. The molecule has 1 aliphatic heterocycles. The monoisotopic (exact) mass is 345 g/mol. The zero-order valence-corrected chi connectivity index (χ0v) is 15.0. The largest absolute Gasteiger partial charge is 0.492 e. The molecule has 1 aliphatic rings. The van der Waals surface area contributed by atoms with Crippen molar-refractivity contribution in [2.75, 3.05) is 13.2 Å². The summed E-state index contributed by atoms with van der Waals surface area (Å²) in [6, 6.07) is 3.30. The summed E-state index contributed by atoms with van der Waals surface area (Å²) in [7, 11) is -3.59. The minimum absolute atomic E-state index is 0.0632. The molecule has 6 heteroatoms. The van der Waals surface area contributed by atoms with Crippen LogP contribution in [-0.4, -0.2) is 31.9 Å². The van der Waals surface area contributed by atoms with Crippen LogP contribution >= 0.6 is 11.6 Å². The molecule has 4 nitrogen and oxygen atoms in total. The Balaban J connectivity index is 2.50. The maximum atomic E-state index is 13.1. The summed E-state index contributed by atoms with van der Waals surface area (Å²) in [6.07, 6.45) is 3.72. The van der Waals surface area contributed by atoms with E-state index in [0.29, 0.717) is 23.9 Å². The molecule has 1 atom stereocenters. The molecule has 0 radical (unpaired) electrons. The second-order valence-electron chi connectivity index (χ2n) is 5.65. The lowest BCUT2D eigenvalue weighted by atomic mass is 10.0. The molecular formula is C16H24ClNO3S. The third-order valence-corrected chi connectivity index (χ3v) is 6.54. The predicted molar refractivity (Wildman–Crippen MR) is 89.2 cm³/mol. The van der Waals surface area contributed by atoms with Crippen LogP contribution in [0.25, 0.3) is 0 Å². The van der Waals surface area contributed by atoms with Crippen LogP contribution in [0.2, 0.25) is 5.02 Å². The van der Waals surface area contributed by atoms with E-state index in [1.165, 1.54) is 6.07 Å². The average molecular weight is 346 g/mol. The van der Waals surface area contributed by atoms with Crippen molar-refractivity contribution >= 4 is 21.6 Å². The molecule has 0 spiro atoms. The maximum absolute atomic E-state index is 13.1. The number of aryl methyl sites for hydroxylation is 1. The summed E-state index contributed by atoms with van der Waals surface area (Å²) in [5.74, 6) is 0.393. The molecule has 0 saturated carbocycles. The molecule has 0 unspecified atom stereocenters. The van der Waals surface area contributed by atoms with Gasteiger partial charge in [0.05, 0.1) is 6.61 Å². The average Bonchev–Trinajstić information content (AvgIpc) is 2.50. The number of benzene rings is 1. The Labute approximate surface area is 138 Å². The lowest BCUT2D eigenvalue weighted by Gasteiger charge is -2.34. The highest BCUT2D eigenvalue weighted by atomic mass is 35.5.